The maximum atomic E-state index is 10.1. The normalized spacial score (nSPS) is 33.6. The lowest BCUT2D eigenvalue weighted by Crippen LogP contribution is -2.46. The molecule has 0 saturated heterocycles. The summed E-state index contributed by atoms with van der Waals surface area (Å²) in [4.78, 5) is 1.28. The Hall–Kier alpha value is -0.510. The molecule has 0 aromatic heterocycles. The molecule has 0 aliphatic heterocycles. The second kappa shape index (κ2) is 5.42. The number of hydrogen-bond donors (Lipinski definition) is 1. The van der Waals surface area contributed by atoms with Gasteiger partial charge < -0.3 is 9.84 Å². The molecule has 0 amide bonds. The molecule has 1 fully saturated rings. The summed E-state index contributed by atoms with van der Waals surface area (Å²) in [5, 5.41) is 10.6. The minimum atomic E-state index is -0.359. The van der Waals surface area contributed by atoms with Gasteiger partial charge in [-0.05, 0) is 38.3 Å². The van der Waals surface area contributed by atoms with Gasteiger partial charge in [-0.15, -0.1) is 11.8 Å². The molecule has 0 heterocycles. The zero-order valence-corrected chi connectivity index (χ0v) is 11.2. The van der Waals surface area contributed by atoms with Gasteiger partial charge in [0.2, 0.25) is 0 Å². The van der Waals surface area contributed by atoms with Crippen molar-refractivity contribution in [1.29, 1.82) is 0 Å². The molecule has 1 N–H and O–H groups in total. The fraction of sp³-hybridized carbons (Fsp3) is 0.571. The average molecular weight is 252 g/mol. The highest BCUT2D eigenvalue weighted by Crippen LogP contribution is 2.39. The first-order chi connectivity index (χ1) is 8.14. The Morgan fingerprint density at radius 1 is 1.35 bits per heavy atom. The molecular weight excluding hydrogens is 232 g/mol. The Bertz CT molecular complexity index is 354. The van der Waals surface area contributed by atoms with Crippen molar-refractivity contribution in [3.05, 3.63) is 30.3 Å². The van der Waals surface area contributed by atoms with Gasteiger partial charge in [-0.25, -0.2) is 0 Å². The maximum absolute atomic E-state index is 10.1. The Morgan fingerprint density at radius 2 is 2.06 bits per heavy atom. The summed E-state index contributed by atoms with van der Waals surface area (Å²) in [6, 6.07) is 10.4. The summed E-state index contributed by atoms with van der Waals surface area (Å²) < 4.78 is 5.43. The lowest BCUT2D eigenvalue weighted by Gasteiger charge is -2.40. The Labute approximate surface area is 107 Å². The van der Waals surface area contributed by atoms with Gasteiger partial charge in [-0.3, -0.25) is 0 Å². The first-order valence-electron chi connectivity index (χ1n) is 6.09. The summed E-state index contributed by atoms with van der Waals surface area (Å²) in [6.45, 7) is 2.00. The molecule has 17 heavy (non-hydrogen) atoms. The molecule has 1 aliphatic rings. The maximum Gasteiger partial charge on any atom is 0.0909 e. The van der Waals surface area contributed by atoms with Gasteiger partial charge in [-0.1, -0.05) is 18.2 Å². The summed E-state index contributed by atoms with van der Waals surface area (Å²) in [5.41, 5.74) is -0.353. The third kappa shape index (κ3) is 3.03. The van der Waals surface area contributed by atoms with Crippen LogP contribution in [0.15, 0.2) is 35.2 Å². The number of ether oxygens (including phenoxy) is 1. The van der Waals surface area contributed by atoms with Crippen LogP contribution in [0, 0.1) is 0 Å². The van der Waals surface area contributed by atoms with E-state index in [2.05, 4.69) is 24.3 Å². The topological polar surface area (TPSA) is 29.5 Å². The molecule has 3 atom stereocenters. The summed E-state index contributed by atoms with van der Waals surface area (Å²) in [7, 11) is 1.69. The van der Waals surface area contributed by atoms with Gasteiger partial charge in [-0.2, -0.15) is 0 Å². The number of aliphatic hydroxyl groups excluding tert-OH is 1. The lowest BCUT2D eigenvalue weighted by atomic mass is 9.83. The van der Waals surface area contributed by atoms with E-state index >= 15 is 0 Å². The van der Waals surface area contributed by atoms with Gasteiger partial charge in [0, 0.05) is 17.3 Å². The molecule has 0 radical (unpaired) electrons. The van der Waals surface area contributed by atoms with Crippen LogP contribution in [-0.4, -0.2) is 29.2 Å². The van der Waals surface area contributed by atoms with Gasteiger partial charge in [0.25, 0.3) is 0 Å². The number of methoxy groups -OCH3 is 1. The number of benzene rings is 1. The molecule has 3 heteroatoms. The molecule has 0 unspecified atom stereocenters. The molecular formula is C14H20O2S. The molecule has 0 bridgehead atoms. The number of aliphatic hydroxyl groups is 1. The van der Waals surface area contributed by atoms with Crippen LogP contribution in [0.2, 0.25) is 0 Å². The zero-order valence-electron chi connectivity index (χ0n) is 10.4. The minimum absolute atomic E-state index is 0.353. The number of hydrogen-bond acceptors (Lipinski definition) is 3. The average Bonchev–Trinajstić information content (AvgIpc) is 2.35. The van der Waals surface area contributed by atoms with Crippen molar-refractivity contribution in [1.82, 2.24) is 0 Å². The van der Waals surface area contributed by atoms with Crippen LogP contribution >= 0.6 is 11.8 Å². The zero-order chi connectivity index (χ0) is 12.3. The smallest absolute Gasteiger partial charge is 0.0909 e. The van der Waals surface area contributed by atoms with Crippen LogP contribution in [-0.2, 0) is 4.74 Å². The SMILES string of the molecule is CO[C@]1(C)CC[C@H](Sc2ccccc2)C[C@H]1O. The molecule has 1 aromatic carbocycles. The van der Waals surface area contributed by atoms with E-state index in [1.54, 1.807) is 7.11 Å². The van der Waals surface area contributed by atoms with Crippen molar-refractivity contribution >= 4 is 11.8 Å². The highest BCUT2D eigenvalue weighted by atomic mass is 32.2. The van der Waals surface area contributed by atoms with E-state index in [9.17, 15) is 5.11 Å². The second-order valence-electron chi connectivity index (χ2n) is 4.86. The van der Waals surface area contributed by atoms with E-state index in [1.165, 1.54) is 4.90 Å². The quantitative estimate of drug-likeness (QED) is 0.896. The predicted molar refractivity (Wildman–Crippen MR) is 71.4 cm³/mol. The van der Waals surface area contributed by atoms with E-state index in [0.29, 0.717) is 5.25 Å². The van der Waals surface area contributed by atoms with Crippen molar-refractivity contribution in [2.24, 2.45) is 0 Å². The van der Waals surface area contributed by atoms with Crippen LogP contribution in [0.1, 0.15) is 26.2 Å². The van der Waals surface area contributed by atoms with Gasteiger partial charge in [0.15, 0.2) is 0 Å². The highest BCUT2D eigenvalue weighted by Gasteiger charge is 2.39. The standard InChI is InChI=1S/C14H20O2S/c1-14(16-2)9-8-12(10-13(14)15)17-11-6-4-3-5-7-11/h3-7,12-13,15H,8-10H2,1-2H3/t12-,13+,14+/m0/s1. The van der Waals surface area contributed by atoms with E-state index in [1.807, 2.05) is 24.8 Å². The van der Waals surface area contributed by atoms with Crippen LogP contribution in [0.3, 0.4) is 0 Å². The molecule has 94 valence electrons. The molecule has 1 aromatic rings. The molecule has 2 rings (SSSR count). The van der Waals surface area contributed by atoms with E-state index in [4.69, 9.17) is 4.74 Å². The first kappa shape index (κ1) is 12.9. The fourth-order valence-corrected chi connectivity index (χ4v) is 3.48. The van der Waals surface area contributed by atoms with E-state index in [0.717, 1.165) is 19.3 Å². The van der Waals surface area contributed by atoms with Crippen LogP contribution in [0.5, 0.6) is 0 Å². The highest BCUT2D eigenvalue weighted by molar-refractivity contribution is 8.00. The third-order valence-corrected chi connectivity index (χ3v) is 4.97. The Morgan fingerprint density at radius 3 is 2.65 bits per heavy atom. The number of thioether (sulfide) groups is 1. The lowest BCUT2D eigenvalue weighted by molar-refractivity contribution is -0.110. The van der Waals surface area contributed by atoms with E-state index in [-0.39, 0.29) is 11.7 Å². The molecule has 2 nitrogen and oxygen atoms in total. The van der Waals surface area contributed by atoms with Gasteiger partial charge in [0.1, 0.15) is 0 Å². The number of rotatable bonds is 3. The van der Waals surface area contributed by atoms with Crippen molar-refractivity contribution in [2.45, 2.75) is 48.0 Å². The van der Waals surface area contributed by atoms with Crippen molar-refractivity contribution in [2.75, 3.05) is 7.11 Å². The molecule has 1 aliphatic carbocycles. The van der Waals surface area contributed by atoms with Crippen molar-refractivity contribution in [3.63, 3.8) is 0 Å². The predicted octanol–water partition coefficient (Wildman–Crippen LogP) is 3.10. The summed E-state index contributed by atoms with van der Waals surface area (Å²) in [6.07, 6.45) is 2.47. The monoisotopic (exact) mass is 252 g/mol. The Kier molecular flexibility index (Phi) is 4.13. The van der Waals surface area contributed by atoms with Crippen molar-refractivity contribution in [3.8, 4) is 0 Å². The first-order valence-corrected chi connectivity index (χ1v) is 6.97. The van der Waals surface area contributed by atoms with Crippen LogP contribution < -0.4 is 0 Å². The van der Waals surface area contributed by atoms with Gasteiger partial charge >= 0.3 is 0 Å². The van der Waals surface area contributed by atoms with Crippen LogP contribution in [0.4, 0.5) is 0 Å². The van der Waals surface area contributed by atoms with Crippen molar-refractivity contribution < 1.29 is 9.84 Å². The molecule has 1 saturated carbocycles. The summed E-state index contributed by atoms with van der Waals surface area (Å²) >= 11 is 1.86. The summed E-state index contributed by atoms with van der Waals surface area (Å²) in [5.74, 6) is 0. The third-order valence-electron chi connectivity index (χ3n) is 3.67. The minimum Gasteiger partial charge on any atom is -0.390 e. The van der Waals surface area contributed by atoms with Gasteiger partial charge in [0.05, 0.1) is 11.7 Å². The van der Waals surface area contributed by atoms with E-state index < -0.39 is 0 Å². The van der Waals surface area contributed by atoms with Crippen LogP contribution in [0.25, 0.3) is 0 Å². The fourth-order valence-electron chi connectivity index (χ4n) is 2.27. The molecule has 0 spiro atoms. The Balaban J connectivity index is 1.94. The largest absolute Gasteiger partial charge is 0.390 e. The second-order valence-corrected chi connectivity index (χ2v) is 6.23.